The molecular formula is C17H16O2. The maximum Gasteiger partial charge on any atom is 0.150 e. The van der Waals surface area contributed by atoms with Crippen molar-refractivity contribution in [3.05, 3.63) is 65.2 Å². The first-order valence-corrected chi connectivity index (χ1v) is 6.64. The number of aldehydes is 1. The molecule has 3 rings (SSSR count). The minimum Gasteiger partial charge on any atom is -0.490 e. The van der Waals surface area contributed by atoms with Gasteiger partial charge in [-0.1, -0.05) is 30.3 Å². The van der Waals surface area contributed by atoms with Crippen molar-refractivity contribution in [3.63, 3.8) is 0 Å². The second-order valence-corrected chi connectivity index (χ2v) is 4.95. The molecule has 2 heteroatoms. The van der Waals surface area contributed by atoms with Crippen LogP contribution in [0.5, 0.6) is 5.75 Å². The van der Waals surface area contributed by atoms with Crippen molar-refractivity contribution in [2.45, 2.75) is 25.4 Å². The SMILES string of the molecule is O=Cc1ccc2c(c1)CC[C@@H](Cc1ccccc1)O2. The van der Waals surface area contributed by atoms with Crippen molar-refractivity contribution >= 4 is 6.29 Å². The fraction of sp³-hybridized carbons (Fsp3) is 0.235. The van der Waals surface area contributed by atoms with E-state index in [4.69, 9.17) is 4.74 Å². The van der Waals surface area contributed by atoms with E-state index in [0.29, 0.717) is 0 Å². The van der Waals surface area contributed by atoms with Crippen LogP contribution in [-0.2, 0) is 12.8 Å². The number of ether oxygens (including phenoxy) is 1. The van der Waals surface area contributed by atoms with E-state index in [-0.39, 0.29) is 6.10 Å². The first-order chi connectivity index (χ1) is 9.35. The summed E-state index contributed by atoms with van der Waals surface area (Å²) in [5.41, 5.74) is 3.18. The van der Waals surface area contributed by atoms with Gasteiger partial charge in [0, 0.05) is 12.0 Å². The number of fused-ring (bicyclic) bond motifs is 1. The van der Waals surface area contributed by atoms with Gasteiger partial charge in [-0.15, -0.1) is 0 Å². The largest absolute Gasteiger partial charge is 0.490 e. The van der Waals surface area contributed by atoms with E-state index >= 15 is 0 Å². The topological polar surface area (TPSA) is 26.3 Å². The van der Waals surface area contributed by atoms with E-state index in [0.717, 1.165) is 42.4 Å². The molecule has 0 aromatic heterocycles. The van der Waals surface area contributed by atoms with E-state index in [1.165, 1.54) is 5.56 Å². The third-order valence-electron chi connectivity index (χ3n) is 3.56. The van der Waals surface area contributed by atoms with Crippen LogP contribution >= 0.6 is 0 Å². The normalized spacial score (nSPS) is 17.4. The standard InChI is InChI=1S/C17H16O2/c18-12-14-6-9-17-15(10-14)7-8-16(19-17)11-13-4-2-1-3-5-13/h1-6,9-10,12,16H,7-8,11H2/t16-/m0/s1. The molecule has 19 heavy (non-hydrogen) atoms. The van der Waals surface area contributed by atoms with Crippen LogP contribution in [0.25, 0.3) is 0 Å². The fourth-order valence-electron chi connectivity index (χ4n) is 2.56. The summed E-state index contributed by atoms with van der Waals surface area (Å²) in [6, 6.07) is 16.1. The Balaban J connectivity index is 1.74. The number of rotatable bonds is 3. The van der Waals surface area contributed by atoms with E-state index in [9.17, 15) is 4.79 Å². The van der Waals surface area contributed by atoms with E-state index in [1.54, 1.807) is 0 Å². The zero-order valence-corrected chi connectivity index (χ0v) is 10.7. The van der Waals surface area contributed by atoms with E-state index in [2.05, 4.69) is 24.3 Å². The zero-order valence-electron chi connectivity index (χ0n) is 10.7. The molecule has 0 spiro atoms. The van der Waals surface area contributed by atoms with E-state index in [1.807, 2.05) is 24.3 Å². The minimum atomic E-state index is 0.233. The lowest BCUT2D eigenvalue weighted by Gasteiger charge is -2.26. The van der Waals surface area contributed by atoms with Crippen LogP contribution in [0.3, 0.4) is 0 Å². The summed E-state index contributed by atoms with van der Waals surface area (Å²) in [5, 5.41) is 0. The fourth-order valence-corrected chi connectivity index (χ4v) is 2.56. The van der Waals surface area contributed by atoms with Gasteiger partial charge >= 0.3 is 0 Å². The van der Waals surface area contributed by atoms with Gasteiger partial charge in [-0.05, 0) is 42.2 Å². The Kier molecular flexibility index (Phi) is 3.32. The van der Waals surface area contributed by atoms with Crippen molar-refractivity contribution in [3.8, 4) is 5.75 Å². The lowest BCUT2D eigenvalue weighted by molar-refractivity contribution is 0.112. The molecule has 1 atom stereocenters. The quantitative estimate of drug-likeness (QED) is 0.782. The molecule has 2 aromatic rings. The Hall–Kier alpha value is -2.09. The predicted molar refractivity (Wildman–Crippen MR) is 74.7 cm³/mol. The summed E-state index contributed by atoms with van der Waals surface area (Å²) in [5.74, 6) is 0.929. The maximum atomic E-state index is 10.8. The Morgan fingerprint density at radius 2 is 2.00 bits per heavy atom. The summed E-state index contributed by atoms with van der Waals surface area (Å²) in [6.07, 6.45) is 4.04. The zero-order chi connectivity index (χ0) is 13.1. The van der Waals surface area contributed by atoms with E-state index < -0.39 is 0 Å². The van der Waals surface area contributed by atoms with Gasteiger partial charge in [-0.3, -0.25) is 4.79 Å². The molecule has 0 saturated carbocycles. The first kappa shape index (κ1) is 12.0. The van der Waals surface area contributed by atoms with Gasteiger partial charge in [-0.2, -0.15) is 0 Å². The van der Waals surface area contributed by atoms with Crippen molar-refractivity contribution in [1.82, 2.24) is 0 Å². The van der Waals surface area contributed by atoms with Crippen LogP contribution in [0.4, 0.5) is 0 Å². The highest BCUT2D eigenvalue weighted by atomic mass is 16.5. The molecule has 0 amide bonds. The minimum absolute atomic E-state index is 0.233. The highest BCUT2D eigenvalue weighted by Crippen LogP contribution is 2.29. The van der Waals surface area contributed by atoms with Crippen molar-refractivity contribution in [2.75, 3.05) is 0 Å². The molecule has 0 radical (unpaired) electrons. The summed E-state index contributed by atoms with van der Waals surface area (Å²) < 4.78 is 6.02. The number of carbonyl (C=O) groups is 1. The molecule has 0 fully saturated rings. The summed E-state index contributed by atoms with van der Waals surface area (Å²) in [4.78, 5) is 10.8. The van der Waals surface area contributed by atoms with Crippen molar-refractivity contribution in [1.29, 1.82) is 0 Å². The molecule has 1 aliphatic rings. The van der Waals surface area contributed by atoms with Crippen LogP contribution < -0.4 is 4.74 Å². The highest BCUT2D eigenvalue weighted by molar-refractivity contribution is 5.75. The Morgan fingerprint density at radius 1 is 1.16 bits per heavy atom. The lowest BCUT2D eigenvalue weighted by Crippen LogP contribution is -2.25. The molecule has 0 bridgehead atoms. The van der Waals surface area contributed by atoms with Gasteiger partial charge in [0.05, 0.1) is 0 Å². The van der Waals surface area contributed by atoms with Gasteiger partial charge in [0.1, 0.15) is 18.1 Å². The van der Waals surface area contributed by atoms with Crippen LogP contribution in [0.15, 0.2) is 48.5 Å². The summed E-state index contributed by atoms with van der Waals surface area (Å²) in [6.45, 7) is 0. The summed E-state index contributed by atoms with van der Waals surface area (Å²) >= 11 is 0. The third-order valence-corrected chi connectivity index (χ3v) is 3.56. The van der Waals surface area contributed by atoms with Gasteiger partial charge in [0.15, 0.2) is 0 Å². The van der Waals surface area contributed by atoms with Crippen LogP contribution in [0.1, 0.15) is 27.9 Å². The number of carbonyl (C=O) groups excluding carboxylic acids is 1. The molecule has 0 unspecified atom stereocenters. The monoisotopic (exact) mass is 252 g/mol. The summed E-state index contributed by atoms with van der Waals surface area (Å²) in [7, 11) is 0. The van der Waals surface area contributed by atoms with Gasteiger partial charge in [0.25, 0.3) is 0 Å². The Labute approximate surface area is 113 Å². The van der Waals surface area contributed by atoms with Gasteiger partial charge in [-0.25, -0.2) is 0 Å². The van der Waals surface area contributed by atoms with Crippen LogP contribution in [0.2, 0.25) is 0 Å². The predicted octanol–water partition coefficient (Wildman–Crippen LogP) is 3.44. The molecular weight excluding hydrogens is 236 g/mol. The number of benzene rings is 2. The van der Waals surface area contributed by atoms with Gasteiger partial charge in [0.2, 0.25) is 0 Å². The van der Waals surface area contributed by atoms with Crippen LogP contribution in [0, 0.1) is 0 Å². The Morgan fingerprint density at radius 3 is 2.79 bits per heavy atom. The molecule has 1 heterocycles. The first-order valence-electron chi connectivity index (χ1n) is 6.64. The third kappa shape index (κ3) is 2.68. The molecule has 96 valence electrons. The molecule has 0 aliphatic carbocycles. The number of aryl methyl sites for hydroxylation is 1. The molecule has 2 nitrogen and oxygen atoms in total. The van der Waals surface area contributed by atoms with Gasteiger partial charge < -0.3 is 4.74 Å². The number of hydrogen-bond acceptors (Lipinski definition) is 2. The molecule has 2 aromatic carbocycles. The number of hydrogen-bond donors (Lipinski definition) is 0. The van der Waals surface area contributed by atoms with Crippen molar-refractivity contribution < 1.29 is 9.53 Å². The molecule has 0 N–H and O–H groups in total. The van der Waals surface area contributed by atoms with Crippen LogP contribution in [-0.4, -0.2) is 12.4 Å². The smallest absolute Gasteiger partial charge is 0.150 e. The second-order valence-electron chi connectivity index (χ2n) is 4.95. The van der Waals surface area contributed by atoms with Crippen molar-refractivity contribution in [2.24, 2.45) is 0 Å². The average molecular weight is 252 g/mol. The lowest BCUT2D eigenvalue weighted by atomic mass is 9.96. The Bertz CT molecular complexity index is 575. The average Bonchev–Trinajstić information content (AvgIpc) is 2.48. The molecule has 1 aliphatic heterocycles. The second kappa shape index (κ2) is 5.27. The highest BCUT2D eigenvalue weighted by Gasteiger charge is 2.20. The molecule has 0 saturated heterocycles. The maximum absolute atomic E-state index is 10.8.